The van der Waals surface area contributed by atoms with Crippen LogP contribution in [0, 0.1) is 0 Å². The highest BCUT2D eigenvalue weighted by Crippen LogP contribution is 2.56. The summed E-state index contributed by atoms with van der Waals surface area (Å²) < 4.78 is 0. The third-order valence-electron chi connectivity index (χ3n) is 16.1. The van der Waals surface area contributed by atoms with Crippen molar-refractivity contribution in [2.45, 2.75) is 234 Å². The highest BCUT2D eigenvalue weighted by molar-refractivity contribution is 5.67. The standard InChI is InChI=1S/C64H100N4O8/c1-9-17-25-41-45-33-47(59(71)53(57(45)69)37-65-29-21-13-5)42(26-18-10-2)49-35-51(63(75)55(61(49)73)39-67-31-23-15-7)44(28-20-12-4)52-36-50(62(74)56(64(52)76)40-68-32-24-16-8)43(27-19-11-3)48-34-46(41)58(70)54(60(48)72)38-66-30-22-14-6/h33-36,41-44,65-76H,9-32,37-40H2,1-8H3. The Morgan fingerprint density at radius 3 is 0.566 bits per heavy atom. The first-order valence-corrected chi connectivity index (χ1v) is 29.9. The van der Waals surface area contributed by atoms with Crippen LogP contribution in [-0.4, -0.2) is 67.0 Å². The third-order valence-corrected chi connectivity index (χ3v) is 16.1. The van der Waals surface area contributed by atoms with Gasteiger partial charge in [-0.3, -0.25) is 0 Å². The quantitative estimate of drug-likeness (QED) is 0.0206. The van der Waals surface area contributed by atoms with E-state index in [0.29, 0.717) is 119 Å². The summed E-state index contributed by atoms with van der Waals surface area (Å²) in [5.41, 5.74) is 5.55. The summed E-state index contributed by atoms with van der Waals surface area (Å²) >= 11 is 0. The van der Waals surface area contributed by atoms with Gasteiger partial charge in [0.05, 0.1) is 22.3 Å². The monoisotopic (exact) mass is 1050 g/mol. The Bertz CT molecular complexity index is 1990. The van der Waals surface area contributed by atoms with Crippen LogP contribution < -0.4 is 21.3 Å². The van der Waals surface area contributed by atoms with E-state index in [1.165, 1.54) is 0 Å². The van der Waals surface area contributed by atoms with Gasteiger partial charge in [0.2, 0.25) is 0 Å². The molecule has 1 aliphatic rings. The van der Waals surface area contributed by atoms with Crippen molar-refractivity contribution in [2.75, 3.05) is 26.2 Å². The number of hydrogen-bond donors (Lipinski definition) is 12. The van der Waals surface area contributed by atoms with Gasteiger partial charge in [0.15, 0.2) is 0 Å². The minimum atomic E-state index is -0.628. The average molecular weight is 1050 g/mol. The molecule has 1 aliphatic carbocycles. The van der Waals surface area contributed by atoms with Crippen LogP contribution >= 0.6 is 0 Å². The minimum absolute atomic E-state index is 0.0713. The molecule has 12 heteroatoms. The van der Waals surface area contributed by atoms with Crippen molar-refractivity contribution in [3.63, 3.8) is 0 Å². The fourth-order valence-corrected chi connectivity index (χ4v) is 11.5. The molecule has 0 amide bonds. The Hall–Kier alpha value is -4.88. The molecular formula is C64H100N4O8. The van der Waals surface area contributed by atoms with E-state index in [0.717, 1.165) is 103 Å². The number of nitrogens with one attached hydrogen (secondary N) is 4. The van der Waals surface area contributed by atoms with Crippen LogP contribution in [-0.2, 0) is 26.2 Å². The lowest BCUT2D eigenvalue weighted by Gasteiger charge is -2.32. The first-order chi connectivity index (χ1) is 36.8. The topological polar surface area (TPSA) is 210 Å². The second kappa shape index (κ2) is 31.5. The van der Waals surface area contributed by atoms with Crippen molar-refractivity contribution < 1.29 is 40.9 Å². The normalized spacial score (nSPS) is 16.4. The number of phenols is 8. The van der Waals surface area contributed by atoms with Gasteiger partial charge in [-0.1, -0.05) is 132 Å². The number of aromatic hydroxyl groups is 8. The molecule has 12 nitrogen and oxygen atoms in total. The van der Waals surface area contributed by atoms with E-state index in [-0.39, 0.29) is 72.2 Å². The Balaban J connectivity index is 2.12. The van der Waals surface area contributed by atoms with Gasteiger partial charge < -0.3 is 62.1 Å². The van der Waals surface area contributed by atoms with Gasteiger partial charge in [0.25, 0.3) is 0 Å². The van der Waals surface area contributed by atoms with Crippen LogP contribution in [0.1, 0.15) is 274 Å². The molecule has 0 saturated carbocycles. The molecule has 76 heavy (non-hydrogen) atoms. The Morgan fingerprint density at radius 2 is 0.421 bits per heavy atom. The zero-order chi connectivity index (χ0) is 55.3. The molecule has 5 rings (SSSR count). The molecule has 4 aromatic carbocycles. The van der Waals surface area contributed by atoms with Crippen LogP contribution in [0.15, 0.2) is 24.3 Å². The fourth-order valence-electron chi connectivity index (χ4n) is 11.5. The van der Waals surface area contributed by atoms with Crippen molar-refractivity contribution >= 4 is 0 Å². The van der Waals surface area contributed by atoms with E-state index >= 15 is 0 Å². The Kier molecular flexibility index (Phi) is 25.7. The Morgan fingerprint density at radius 1 is 0.263 bits per heavy atom. The summed E-state index contributed by atoms with van der Waals surface area (Å²) in [6.07, 6.45) is 15.7. The Labute approximate surface area is 457 Å². The predicted octanol–water partition coefficient (Wildman–Crippen LogP) is 14.5. The van der Waals surface area contributed by atoms with Crippen molar-refractivity contribution in [2.24, 2.45) is 0 Å². The molecule has 4 aromatic rings. The van der Waals surface area contributed by atoms with Crippen molar-refractivity contribution in [3.8, 4) is 46.0 Å². The van der Waals surface area contributed by atoms with Gasteiger partial charge in [-0.2, -0.15) is 0 Å². The van der Waals surface area contributed by atoms with Crippen LogP contribution in [0.5, 0.6) is 46.0 Å². The summed E-state index contributed by atoms with van der Waals surface area (Å²) in [5.74, 6) is -3.08. The molecule has 0 unspecified atom stereocenters. The number of benzene rings is 4. The van der Waals surface area contributed by atoms with E-state index < -0.39 is 23.7 Å². The molecule has 0 atom stereocenters. The number of phenolic OH excluding ortho intramolecular Hbond substituents is 8. The van der Waals surface area contributed by atoms with Gasteiger partial charge >= 0.3 is 0 Å². The maximum atomic E-state index is 12.8. The summed E-state index contributed by atoms with van der Waals surface area (Å²) in [6, 6.07) is 7.57. The van der Waals surface area contributed by atoms with Gasteiger partial charge in [-0.05, 0) is 102 Å². The summed E-state index contributed by atoms with van der Waals surface area (Å²) in [7, 11) is 0. The molecule has 0 aliphatic heterocycles. The lowest BCUT2D eigenvalue weighted by atomic mass is 9.74. The summed E-state index contributed by atoms with van der Waals surface area (Å²) in [6.45, 7) is 20.2. The highest BCUT2D eigenvalue weighted by atomic mass is 16.3. The van der Waals surface area contributed by atoms with E-state index in [4.69, 9.17) is 0 Å². The van der Waals surface area contributed by atoms with Crippen LogP contribution in [0.4, 0.5) is 0 Å². The van der Waals surface area contributed by atoms with Crippen molar-refractivity contribution in [1.29, 1.82) is 0 Å². The second-order valence-electron chi connectivity index (χ2n) is 21.8. The molecule has 424 valence electrons. The van der Waals surface area contributed by atoms with E-state index in [1.54, 1.807) is 0 Å². The fraction of sp³-hybridized carbons (Fsp3) is 0.625. The summed E-state index contributed by atoms with van der Waals surface area (Å²) in [5, 5.41) is 117. The number of unbranched alkanes of at least 4 members (excludes halogenated alkanes) is 8. The van der Waals surface area contributed by atoms with Crippen LogP contribution in [0.25, 0.3) is 0 Å². The van der Waals surface area contributed by atoms with Gasteiger partial charge in [0.1, 0.15) is 46.0 Å². The van der Waals surface area contributed by atoms with Crippen LogP contribution in [0.2, 0.25) is 0 Å². The lowest BCUT2D eigenvalue weighted by molar-refractivity contribution is 0.404. The zero-order valence-electron chi connectivity index (χ0n) is 48.0. The maximum Gasteiger partial charge on any atom is 0.127 e. The minimum Gasteiger partial charge on any atom is -0.507 e. The molecule has 8 bridgehead atoms. The maximum absolute atomic E-state index is 12.8. The molecule has 0 saturated heterocycles. The first-order valence-electron chi connectivity index (χ1n) is 29.9. The van der Waals surface area contributed by atoms with Gasteiger partial charge in [-0.15, -0.1) is 0 Å². The van der Waals surface area contributed by atoms with E-state index in [2.05, 4.69) is 76.7 Å². The van der Waals surface area contributed by atoms with Crippen LogP contribution in [0.3, 0.4) is 0 Å². The van der Waals surface area contributed by atoms with Gasteiger partial charge in [0, 0.05) is 94.4 Å². The molecule has 12 N–H and O–H groups in total. The second-order valence-corrected chi connectivity index (χ2v) is 21.8. The molecule has 0 heterocycles. The molecular weight excluding hydrogens is 953 g/mol. The van der Waals surface area contributed by atoms with E-state index in [9.17, 15) is 40.9 Å². The van der Waals surface area contributed by atoms with Crippen molar-refractivity contribution in [1.82, 2.24) is 21.3 Å². The van der Waals surface area contributed by atoms with Crippen molar-refractivity contribution in [3.05, 3.63) is 91.0 Å². The average Bonchev–Trinajstić information content (AvgIpc) is 3.41. The summed E-state index contributed by atoms with van der Waals surface area (Å²) in [4.78, 5) is 0. The number of fused-ring (bicyclic) bond motifs is 8. The zero-order valence-corrected chi connectivity index (χ0v) is 48.0. The first kappa shape index (κ1) is 62.0. The SMILES string of the molecule is CCCCNCc1c(O)c2cc(c1O)C(CCCC)c1cc(c(O)c(CNCCCC)c1O)C(CCCC)c1cc(c(O)c(CNCCCC)c1O)C(CCCC)c1cc(c(O)c(CNCCCC)c1O)C2CCCC. The molecule has 0 fully saturated rings. The van der Waals surface area contributed by atoms with Gasteiger partial charge in [-0.25, -0.2) is 0 Å². The molecule has 0 radical (unpaired) electrons. The molecule has 0 aromatic heterocycles. The smallest absolute Gasteiger partial charge is 0.127 e. The third kappa shape index (κ3) is 14.8. The van der Waals surface area contributed by atoms with E-state index in [1.807, 2.05) is 24.3 Å². The predicted molar refractivity (Wildman–Crippen MR) is 311 cm³/mol. The largest absolute Gasteiger partial charge is 0.507 e. The molecule has 0 spiro atoms. The lowest BCUT2D eigenvalue weighted by Crippen LogP contribution is -2.19. The highest BCUT2D eigenvalue weighted by Gasteiger charge is 2.37. The number of hydrogen-bond acceptors (Lipinski definition) is 12. The number of rotatable bonds is 32.